The second-order valence-corrected chi connectivity index (χ2v) is 6.79. The molecule has 2 fully saturated rings. The molecule has 3 rings (SSSR count). The largest absolute Gasteiger partial charge is 0.303 e. The second-order valence-electron chi connectivity index (χ2n) is 6.79. The number of piperidine rings is 1. The Hall–Kier alpha value is -0.870. The number of aromatic nitrogens is 2. The van der Waals surface area contributed by atoms with Gasteiger partial charge in [-0.1, -0.05) is 0 Å². The first-order valence-corrected chi connectivity index (χ1v) is 8.77. The van der Waals surface area contributed by atoms with Gasteiger partial charge in [-0.05, 0) is 83.7 Å². The van der Waals surface area contributed by atoms with E-state index in [4.69, 9.17) is 0 Å². The molecule has 3 heterocycles. The lowest BCUT2D eigenvalue weighted by Crippen LogP contribution is -2.43. The second kappa shape index (κ2) is 7.41. The minimum Gasteiger partial charge on any atom is -0.303 e. The standard InChI is InChI=1S/C17H30N4/c1-16(20-10-2-3-11-20)17-6-14-19(15-7-17)9-5-13-21-12-4-8-18-21/h4,8,12,16-17H,2-3,5-7,9-11,13-15H2,1H3. The van der Waals surface area contributed by atoms with Gasteiger partial charge >= 0.3 is 0 Å². The lowest BCUT2D eigenvalue weighted by atomic mass is 9.89. The minimum atomic E-state index is 0.804. The van der Waals surface area contributed by atoms with Crippen LogP contribution in [0.15, 0.2) is 18.5 Å². The summed E-state index contributed by atoms with van der Waals surface area (Å²) in [5.41, 5.74) is 0. The summed E-state index contributed by atoms with van der Waals surface area (Å²) in [6.07, 6.45) is 10.7. The molecule has 4 heteroatoms. The summed E-state index contributed by atoms with van der Waals surface area (Å²) in [4.78, 5) is 5.37. The van der Waals surface area contributed by atoms with E-state index in [1.807, 2.05) is 16.9 Å². The lowest BCUT2D eigenvalue weighted by molar-refractivity contribution is 0.110. The molecule has 4 nitrogen and oxygen atoms in total. The minimum absolute atomic E-state index is 0.804. The molecule has 2 saturated heterocycles. The predicted molar refractivity (Wildman–Crippen MR) is 86.3 cm³/mol. The first-order valence-electron chi connectivity index (χ1n) is 8.77. The fourth-order valence-electron chi connectivity index (χ4n) is 3.99. The van der Waals surface area contributed by atoms with Gasteiger partial charge in [-0.25, -0.2) is 0 Å². The van der Waals surface area contributed by atoms with E-state index in [1.165, 1.54) is 64.8 Å². The normalized spacial score (nSPS) is 23.7. The summed E-state index contributed by atoms with van der Waals surface area (Å²) >= 11 is 0. The molecule has 0 aliphatic carbocycles. The zero-order valence-electron chi connectivity index (χ0n) is 13.5. The van der Waals surface area contributed by atoms with Gasteiger partial charge in [0.05, 0.1) is 0 Å². The molecular weight excluding hydrogens is 260 g/mol. The zero-order valence-corrected chi connectivity index (χ0v) is 13.5. The average Bonchev–Trinajstić information content (AvgIpc) is 3.21. The monoisotopic (exact) mass is 290 g/mol. The van der Waals surface area contributed by atoms with Gasteiger partial charge in [-0.2, -0.15) is 5.10 Å². The van der Waals surface area contributed by atoms with Gasteiger partial charge in [-0.15, -0.1) is 0 Å². The molecule has 0 amide bonds. The highest BCUT2D eigenvalue weighted by atomic mass is 15.3. The van der Waals surface area contributed by atoms with E-state index in [1.54, 1.807) is 0 Å². The van der Waals surface area contributed by atoms with Crippen molar-refractivity contribution in [2.24, 2.45) is 5.92 Å². The topological polar surface area (TPSA) is 24.3 Å². The number of hydrogen-bond donors (Lipinski definition) is 0. The van der Waals surface area contributed by atoms with Crippen molar-refractivity contribution >= 4 is 0 Å². The van der Waals surface area contributed by atoms with Gasteiger partial charge in [0.25, 0.3) is 0 Å². The molecule has 2 aliphatic rings. The van der Waals surface area contributed by atoms with Crippen LogP contribution in [0.1, 0.15) is 39.0 Å². The lowest BCUT2D eigenvalue weighted by Gasteiger charge is -2.38. The molecule has 0 saturated carbocycles. The number of nitrogens with zero attached hydrogens (tertiary/aromatic N) is 4. The third kappa shape index (κ3) is 4.07. The highest BCUT2D eigenvalue weighted by Gasteiger charge is 2.28. The molecule has 2 aliphatic heterocycles. The van der Waals surface area contributed by atoms with Crippen LogP contribution >= 0.6 is 0 Å². The van der Waals surface area contributed by atoms with Crippen molar-refractivity contribution in [2.45, 2.75) is 51.6 Å². The van der Waals surface area contributed by atoms with Crippen LogP contribution in [0.3, 0.4) is 0 Å². The summed E-state index contributed by atoms with van der Waals surface area (Å²) in [5.74, 6) is 0.922. The van der Waals surface area contributed by atoms with Crippen molar-refractivity contribution in [2.75, 3.05) is 32.7 Å². The molecule has 1 atom stereocenters. The van der Waals surface area contributed by atoms with E-state index in [-0.39, 0.29) is 0 Å². The van der Waals surface area contributed by atoms with E-state index in [0.29, 0.717) is 0 Å². The maximum Gasteiger partial charge on any atom is 0.0489 e. The van der Waals surface area contributed by atoms with Crippen LogP contribution in [-0.2, 0) is 6.54 Å². The van der Waals surface area contributed by atoms with Crippen molar-refractivity contribution < 1.29 is 0 Å². The molecule has 1 aromatic rings. The van der Waals surface area contributed by atoms with Crippen molar-refractivity contribution in [3.63, 3.8) is 0 Å². The van der Waals surface area contributed by atoms with Gasteiger partial charge in [0.1, 0.15) is 0 Å². The fraction of sp³-hybridized carbons (Fsp3) is 0.824. The Labute approximate surface area is 129 Å². The van der Waals surface area contributed by atoms with Crippen LogP contribution in [0.25, 0.3) is 0 Å². The van der Waals surface area contributed by atoms with Gasteiger partial charge in [0.2, 0.25) is 0 Å². The molecule has 1 aromatic heterocycles. The third-order valence-electron chi connectivity index (χ3n) is 5.45. The first kappa shape index (κ1) is 15.0. The Kier molecular flexibility index (Phi) is 5.31. The van der Waals surface area contributed by atoms with Crippen LogP contribution < -0.4 is 0 Å². The highest BCUT2D eigenvalue weighted by Crippen LogP contribution is 2.26. The Morgan fingerprint density at radius 3 is 2.52 bits per heavy atom. The number of likely N-dealkylation sites (tertiary alicyclic amines) is 2. The molecule has 1 unspecified atom stereocenters. The summed E-state index contributed by atoms with van der Waals surface area (Å²) < 4.78 is 2.04. The first-order chi connectivity index (χ1) is 10.3. The van der Waals surface area contributed by atoms with E-state index >= 15 is 0 Å². The molecule has 0 N–H and O–H groups in total. The summed E-state index contributed by atoms with van der Waals surface area (Å²) in [5, 5.41) is 4.27. The van der Waals surface area contributed by atoms with Crippen molar-refractivity contribution in [1.82, 2.24) is 19.6 Å². The van der Waals surface area contributed by atoms with E-state index < -0.39 is 0 Å². The maximum atomic E-state index is 4.27. The molecule has 0 spiro atoms. The van der Waals surface area contributed by atoms with Crippen LogP contribution in [0.4, 0.5) is 0 Å². The van der Waals surface area contributed by atoms with Gasteiger partial charge in [-0.3, -0.25) is 4.68 Å². The Morgan fingerprint density at radius 1 is 1.10 bits per heavy atom. The molecule has 0 aromatic carbocycles. The smallest absolute Gasteiger partial charge is 0.0489 e. The van der Waals surface area contributed by atoms with Gasteiger partial charge in [0, 0.05) is 25.0 Å². The van der Waals surface area contributed by atoms with Crippen LogP contribution in [0, 0.1) is 5.92 Å². The predicted octanol–water partition coefficient (Wildman–Crippen LogP) is 2.47. The summed E-state index contributed by atoms with van der Waals surface area (Å²) in [7, 11) is 0. The zero-order chi connectivity index (χ0) is 14.5. The SMILES string of the molecule is CC(C1CCN(CCCn2cccn2)CC1)N1CCCC1. The molecule has 0 bridgehead atoms. The average molecular weight is 290 g/mol. The Bertz CT molecular complexity index is 389. The third-order valence-corrected chi connectivity index (χ3v) is 5.45. The summed E-state index contributed by atoms with van der Waals surface area (Å²) in [6, 6.07) is 2.81. The Balaban J connectivity index is 1.34. The Morgan fingerprint density at radius 2 is 1.86 bits per heavy atom. The fourth-order valence-corrected chi connectivity index (χ4v) is 3.99. The van der Waals surface area contributed by atoms with Crippen molar-refractivity contribution in [1.29, 1.82) is 0 Å². The van der Waals surface area contributed by atoms with E-state index in [2.05, 4.69) is 28.0 Å². The maximum absolute atomic E-state index is 4.27. The highest BCUT2D eigenvalue weighted by molar-refractivity contribution is 4.83. The van der Waals surface area contributed by atoms with Gasteiger partial charge < -0.3 is 9.80 Å². The number of aryl methyl sites for hydroxylation is 1. The number of rotatable bonds is 6. The molecular formula is C17H30N4. The van der Waals surface area contributed by atoms with Crippen LogP contribution in [0.2, 0.25) is 0 Å². The molecule has 0 radical (unpaired) electrons. The summed E-state index contributed by atoms with van der Waals surface area (Å²) in [6.45, 7) is 10.0. The molecule has 118 valence electrons. The van der Waals surface area contributed by atoms with Crippen LogP contribution in [-0.4, -0.2) is 58.3 Å². The van der Waals surface area contributed by atoms with Crippen LogP contribution in [0.5, 0.6) is 0 Å². The van der Waals surface area contributed by atoms with E-state index in [9.17, 15) is 0 Å². The quantitative estimate of drug-likeness (QED) is 0.804. The van der Waals surface area contributed by atoms with Crippen molar-refractivity contribution in [3.8, 4) is 0 Å². The number of hydrogen-bond acceptors (Lipinski definition) is 3. The molecule has 21 heavy (non-hydrogen) atoms. The van der Waals surface area contributed by atoms with E-state index in [0.717, 1.165) is 18.5 Å². The van der Waals surface area contributed by atoms with Crippen molar-refractivity contribution in [3.05, 3.63) is 18.5 Å². The van der Waals surface area contributed by atoms with Gasteiger partial charge in [0.15, 0.2) is 0 Å².